The Morgan fingerprint density at radius 1 is 1.75 bits per heavy atom. The predicted octanol–water partition coefficient (Wildman–Crippen LogP) is 0.380. The van der Waals surface area contributed by atoms with Gasteiger partial charge in [0.2, 0.25) is 0 Å². The number of aryl methyl sites for hydroxylation is 1. The lowest BCUT2D eigenvalue weighted by Crippen LogP contribution is -2.16. The number of thiol groups is 1. The normalized spacial score (nSPS) is 9.42. The monoisotopic (exact) mass is 181 g/mol. The molecule has 0 aliphatic carbocycles. The Labute approximate surface area is 74.7 Å². The van der Waals surface area contributed by atoms with Gasteiger partial charge in [-0.1, -0.05) is 0 Å². The first-order valence-corrected chi connectivity index (χ1v) is 3.93. The third-order valence-electron chi connectivity index (χ3n) is 1.39. The van der Waals surface area contributed by atoms with Crippen LogP contribution < -0.4 is 5.56 Å². The molecule has 0 fully saturated rings. The van der Waals surface area contributed by atoms with Crippen LogP contribution in [0.15, 0.2) is 4.79 Å². The van der Waals surface area contributed by atoms with E-state index in [2.05, 4.69) is 22.6 Å². The van der Waals surface area contributed by atoms with Gasteiger partial charge in [0, 0.05) is 11.4 Å². The van der Waals surface area contributed by atoms with Crippen LogP contribution in [0.25, 0.3) is 0 Å². The summed E-state index contributed by atoms with van der Waals surface area (Å²) >= 11 is 3.98. The van der Waals surface area contributed by atoms with Gasteiger partial charge in [-0.3, -0.25) is 4.79 Å². The van der Waals surface area contributed by atoms with Crippen LogP contribution in [0.4, 0.5) is 0 Å². The molecule has 1 rings (SSSR count). The Kier molecular flexibility index (Phi) is 2.51. The van der Waals surface area contributed by atoms with Crippen molar-refractivity contribution >= 4 is 12.6 Å². The Balaban J connectivity index is 3.47. The molecule has 5 heteroatoms. The highest BCUT2D eigenvalue weighted by Gasteiger charge is 2.06. The summed E-state index contributed by atoms with van der Waals surface area (Å²) < 4.78 is 0. The molecule has 1 aromatic heterocycles. The largest absolute Gasteiger partial charge is 0.345 e. The van der Waals surface area contributed by atoms with E-state index in [9.17, 15) is 4.79 Å². The van der Waals surface area contributed by atoms with Crippen molar-refractivity contribution in [3.05, 3.63) is 27.4 Å². The third kappa shape index (κ3) is 1.48. The number of aromatic amines is 1. The molecule has 4 nitrogen and oxygen atoms in total. The summed E-state index contributed by atoms with van der Waals surface area (Å²) in [6, 6.07) is 1.79. The number of hydrogen-bond acceptors (Lipinski definition) is 4. The number of rotatable bonds is 1. The summed E-state index contributed by atoms with van der Waals surface area (Å²) in [6.45, 7) is 1.66. The molecule has 0 aliphatic rings. The average molecular weight is 181 g/mol. The second kappa shape index (κ2) is 3.41. The molecule has 0 saturated heterocycles. The molecule has 1 aromatic rings. The molecule has 0 atom stereocenters. The molecular formula is C7H7N3OS. The Bertz CT molecular complexity index is 391. The maximum Gasteiger partial charge on any atom is 0.291 e. The van der Waals surface area contributed by atoms with E-state index in [1.54, 1.807) is 13.0 Å². The van der Waals surface area contributed by atoms with Crippen LogP contribution in [0.5, 0.6) is 0 Å². The number of aromatic nitrogens is 2. The van der Waals surface area contributed by atoms with Crippen molar-refractivity contribution < 1.29 is 0 Å². The summed E-state index contributed by atoms with van der Waals surface area (Å²) in [4.78, 5) is 17.5. The lowest BCUT2D eigenvalue weighted by molar-refractivity contribution is 0.964. The zero-order valence-electron chi connectivity index (χ0n) is 6.46. The van der Waals surface area contributed by atoms with E-state index in [0.29, 0.717) is 17.3 Å². The maximum absolute atomic E-state index is 11.1. The summed E-state index contributed by atoms with van der Waals surface area (Å²) in [5.41, 5.74) is 0.0896. The SMILES string of the molecule is Cc1nc(=O)c(C#N)c(CS)[nH]1. The Hall–Kier alpha value is -1.28. The van der Waals surface area contributed by atoms with Crippen molar-refractivity contribution in [3.8, 4) is 6.07 Å². The van der Waals surface area contributed by atoms with Gasteiger partial charge < -0.3 is 4.98 Å². The van der Waals surface area contributed by atoms with Crippen molar-refractivity contribution in [2.75, 3.05) is 0 Å². The highest BCUT2D eigenvalue weighted by atomic mass is 32.1. The summed E-state index contributed by atoms with van der Waals surface area (Å²) in [6.07, 6.45) is 0. The first-order valence-electron chi connectivity index (χ1n) is 3.29. The fourth-order valence-electron chi connectivity index (χ4n) is 0.880. The van der Waals surface area contributed by atoms with Gasteiger partial charge in [-0.25, -0.2) is 0 Å². The molecule has 1 N–H and O–H groups in total. The van der Waals surface area contributed by atoms with Crippen molar-refractivity contribution in [2.45, 2.75) is 12.7 Å². The molecule has 0 unspecified atom stereocenters. The number of nitrogens with one attached hydrogen (secondary N) is 1. The number of nitrogens with zero attached hydrogens (tertiary/aromatic N) is 2. The minimum Gasteiger partial charge on any atom is -0.345 e. The van der Waals surface area contributed by atoms with Gasteiger partial charge in [-0.2, -0.15) is 22.9 Å². The minimum absolute atomic E-state index is 0.0515. The predicted molar refractivity (Wildman–Crippen MR) is 47.0 cm³/mol. The third-order valence-corrected chi connectivity index (χ3v) is 1.70. The van der Waals surface area contributed by atoms with E-state index in [-0.39, 0.29) is 5.56 Å². The first kappa shape index (κ1) is 8.81. The van der Waals surface area contributed by atoms with Crippen molar-refractivity contribution in [2.24, 2.45) is 0 Å². The van der Waals surface area contributed by atoms with E-state index >= 15 is 0 Å². The van der Waals surface area contributed by atoms with Gasteiger partial charge in [-0.05, 0) is 6.92 Å². The van der Waals surface area contributed by atoms with Crippen molar-refractivity contribution in [1.82, 2.24) is 9.97 Å². The molecule has 0 amide bonds. The van der Waals surface area contributed by atoms with Crippen molar-refractivity contribution in [1.29, 1.82) is 5.26 Å². The van der Waals surface area contributed by atoms with Gasteiger partial charge in [0.15, 0.2) is 0 Å². The van der Waals surface area contributed by atoms with Gasteiger partial charge in [0.1, 0.15) is 17.5 Å². The van der Waals surface area contributed by atoms with Crippen LogP contribution in [0.2, 0.25) is 0 Å². The van der Waals surface area contributed by atoms with Crippen LogP contribution in [-0.2, 0) is 5.75 Å². The Morgan fingerprint density at radius 3 is 2.92 bits per heavy atom. The number of H-pyrrole nitrogens is 1. The standard InChI is InChI=1S/C7H7N3OS/c1-4-9-6(3-12)5(2-8)7(11)10-4/h12H,3H2,1H3,(H,9,10,11). The lowest BCUT2D eigenvalue weighted by atomic mass is 10.2. The van der Waals surface area contributed by atoms with E-state index in [4.69, 9.17) is 5.26 Å². The van der Waals surface area contributed by atoms with Gasteiger partial charge in [-0.15, -0.1) is 0 Å². The zero-order chi connectivity index (χ0) is 9.14. The second-order valence-corrected chi connectivity index (χ2v) is 2.57. The van der Waals surface area contributed by atoms with E-state index in [1.165, 1.54) is 0 Å². The van der Waals surface area contributed by atoms with Crippen LogP contribution in [0, 0.1) is 18.3 Å². The first-order chi connectivity index (χ1) is 5.69. The van der Waals surface area contributed by atoms with E-state index < -0.39 is 5.56 Å². The zero-order valence-corrected chi connectivity index (χ0v) is 7.35. The fraction of sp³-hybridized carbons (Fsp3) is 0.286. The average Bonchev–Trinajstić information content (AvgIpc) is 2.03. The molecule has 0 bridgehead atoms. The maximum atomic E-state index is 11.1. The van der Waals surface area contributed by atoms with Crippen LogP contribution in [0.1, 0.15) is 17.1 Å². The molecule has 0 aliphatic heterocycles. The second-order valence-electron chi connectivity index (χ2n) is 2.25. The summed E-state index contributed by atoms with van der Waals surface area (Å²) in [7, 11) is 0. The lowest BCUT2D eigenvalue weighted by Gasteiger charge is -1.99. The topological polar surface area (TPSA) is 69.5 Å². The van der Waals surface area contributed by atoms with E-state index in [1.807, 2.05) is 0 Å². The molecule has 12 heavy (non-hydrogen) atoms. The van der Waals surface area contributed by atoms with Crippen LogP contribution in [0.3, 0.4) is 0 Å². The quantitative estimate of drug-likeness (QED) is 0.615. The van der Waals surface area contributed by atoms with Crippen LogP contribution in [-0.4, -0.2) is 9.97 Å². The van der Waals surface area contributed by atoms with E-state index in [0.717, 1.165) is 0 Å². The summed E-state index contributed by atoms with van der Waals surface area (Å²) in [5, 5.41) is 8.58. The van der Waals surface area contributed by atoms with Gasteiger partial charge >= 0.3 is 0 Å². The Morgan fingerprint density at radius 2 is 2.42 bits per heavy atom. The fourth-order valence-corrected chi connectivity index (χ4v) is 1.12. The smallest absolute Gasteiger partial charge is 0.291 e. The summed E-state index contributed by atoms with van der Waals surface area (Å²) in [5.74, 6) is 0.838. The van der Waals surface area contributed by atoms with Gasteiger partial charge in [0.05, 0.1) is 0 Å². The number of nitriles is 1. The molecule has 62 valence electrons. The molecule has 0 spiro atoms. The highest BCUT2D eigenvalue weighted by molar-refractivity contribution is 7.79. The van der Waals surface area contributed by atoms with Crippen LogP contribution >= 0.6 is 12.6 Å². The molecule has 0 aromatic carbocycles. The van der Waals surface area contributed by atoms with Crippen molar-refractivity contribution in [3.63, 3.8) is 0 Å². The number of hydrogen-bond donors (Lipinski definition) is 2. The minimum atomic E-state index is -0.488. The highest BCUT2D eigenvalue weighted by Crippen LogP contribution is 2.01. The molecule has 0 radical (unpaired) electrons. The van der Waals surface area contributed by atoms with Gasteiger partial charge in [0.25, 0.3) is 5.56 Å². The molecular weight excluding hydrogens is 174 g/mol. The molecule has 1 heterocycles. The molecule has 0 saturated carbocycles.